The molecule has 1 aromatic rings. The van der Waals surface area contributed by atoms with Crippen LogP contribution in [-0.2, 0) is 4.74 Å². The van der Waals surface area contributed by atoms with Gasteiger partial charge in [-0.15, -0.1) is 0 Å². The second-order valence-corrected chi connectivity index (χ2v) is 4.60. The maximum Gasteiger partial charge on any atom is 0.127 e. The molecule has 4 heteroatoms. The second-order valence-electron chi connectivity index (χ2n) is 3.79. The highest BCUT2D eigenvalue weighted by Crippen LogP contribution is 2.28. The van der Waals surface area contributed by atoms with Gasteiger partial charge in [0.25, 0.3) is 0 Å². The normalized spacial score (nSPS) is 15.3. The number of halogens is 1. The minimum absolute atomic E-state index is 0.755. The first-order chi connectivity index (χ1) is 7.34. The van der Waals surface area contributed by atoms with Crippen molar-refractivity contribution >= 4 is 21.7 Å². The van der Waals surface area contributed by atoms with Crippen molar-refractivity contribution in [2.45, 2.75) is 12.8 Å². The lowest BCUT2D eigenvalue weighted by molar-refractivity contribution is 0.134. The SMILES string of the molecule is Brc1cccc(NCCOCC2CC2)n1. The van der Waals surface area contributed by atoms with Gasteiger partial charge in [-0.05, 0) is 46.8 Å². The van der Waals surface area contributed by atoms with Crippen molar-refractivity contribution < 1.29 is 4.74 Å². The van der Waals surface area contributed by atoms with E-state index in [1.165, 1.54) is 12.8 Å². The zero-order valence-corrected chi connectivity index (χ0v) is 10.2. The van der Waals surface area contributed by atoms with Crippen LogP contribution in [0.2, 0.25) is 0 Å². The number of pyridine rings is 1. The molecule has 0 amide bonds. The van der Waals surface area contributed by atoms with E-state index in [4.69, 9.17) is 4.74 Å². The van der Waals surface area contributed by atoms with Gasteiger partial charge < -0.3 is 10.1 Å². The quantitative estimate of drug-likeness (QED) is 0.638. The topological polar surface area (TPSA) is 34.1 Å². The molecule has 82 valence electrons. The molecule has 1 aromatic heterocycles. The summed E-state index contributed by atoms with van der Waals surface area (Å²) in [4.78, 5) is 4.27. The highest BCUT2D eigenvalue weighted by molar-refractivity contribution is 9.10. The number of aromatic nitrogens is 1. The molecule has 0 saturated heterocycles. The van der Waals surface area contributed by atoms with E-state index in [0.717, 1.165) is 36.1 Å². The van der Waals surface area contributed by atoms with Gasteiger partial charge >= 0.3 is 0 Å². The Labute approximate surface area is 98.4 Å². The smallest absolute Gasteiger partial charge is 0.127 e. The van der Waals surface area contributed by atoms with Crippen LogP contribution in [0.1, 0.15) is 12.8 Å². The summed E-state index contributed by atoms with van der Waals surface area (Å²) in [5.41, 5.74) is 0. The molecule has 0 atom stereocenters. The Bertz CT molecular complexity index is 315. The lowest BCUT2D eigenvalue weighted by atomic mass is 10.4. The predicted octanol–water partition coefficient (Wildman–Crippen LogP) is 2.68. The standard InChI is InChI=1S/C11H15BrN2O/c12-10-2-1-3-11(14-10)13-6-7-15-8-9-4-5-9/h1-3,9H,4-8H2,(H,13,14). The zero-order chi connectivity index (χ0) is 10.5. The molecule has 2 rings (SSSR count). The molecule has 1 aliphatic carbocycles. The average Bonchev–Trinajstić information content (AvgIpc) is 3.01. The fraction of sp³-hybridized carbons (Fsp3) is 0.545. The molecule has 1 aliphatic rings. The van der Waals surface area contributed by atoms with E-state index in [2.05, 4.69) is 26.2 Å². The lowest BCUT2D eigenvalue weighted by Crippen LogP contribution is -2.11. The highest BCUT2D eigenvalue weighted by Gasteiger charge is 2.20. The fourth-order valence-corrected chi connectivity index (χ4v) is 1.64. The maximum absolute atomic E-state index is 5.51. The van der Waals surface area contributed by atoms with Crippen molar-refractivity contribution in [3.8, 4) is 0 Å². The largest absolute Gasteiger partial charge is 0.379 e. The van der Waals surface area contributed by atoms with Gasteiger partial charge in [0.1, 0.15) is 10.4 Å². The molecule has 1 heterocycles. The van der Waals surface area contributed by atoms with Crippen molar-refractivity contribution in [1.29, 1.82) is 0 Å². The van der Waals surface area contributed by atoms with Crippen LogP contribution < -0.4 is 5.32 Å². The van der Waals surface area contributed by atoms with Crippen LogP contribution in [0.4, 0.5) is 5.82 Å². The molecule has 0 bridgehead atoms. The van der Waals surface area contributed by atoms with Crippen LogP contribution in [0.25, 0.3) is 0 Å². The second kappa shape index (κ2) is 5.47. The van der Waals surface area contributed by atoms with Gasteiger partial charge in [-0.1, -0.05) is 6.07 Å². The van der Waals surface area contributed by atoms with Gasteiger partial charge in [0.2, 0.25) is 0 Å². The molecule has 0 aromatic carbocycles. The minimum atomic E-state index is 0.755. The summed E-state index contributed by atoms with van der Waals surface area (Å²) in [6, 6.07) is 5.82. The molecule has 0 spiro atoms. The van der Waals surface area contributed by atoms with Gasteiger partial charge in [0.05, 0.1) is 6.61 Å². The van der Waals surface area contributed by atoms with Gasteiger partial charge in [-0.2, -0.15) is 0 Å². The van der Waals surface area contributed by atoms with Gasteiger partial charge in [-0.3, -0.25) is 0 Å². The first kappa shape index (κ1) is 10.9. The van der Waals surface area contributed by atoms with Crippen molar-refractivity contribution in [3.63, 3.8) is 0 Å². The van der Waals surface area contributed by atoms with Crippen LogP contribution >= 0.6 is 15.9 Å². The molecule has 3 nitrogen and oxygen atoms in total. The number of hydrogen-bond acceptors (Lipinski definition) is 3. The summed E-state index contributed by atoms with van der Waals surface area (Å²) < 4.78 is 6.36. The molecule has 0 aliphatic heterocycles. The fourth-order valence-electron chi connectivity index (χ4n) is 1.29. The van der Waals surface area contributed by atoms with Crippen LogP contribution in [0.5, 0.6) is 0 Å². The summed E-state index contributed by atoms with van der Waals surface area (Å²) in [7, 11) is 0. The van der Waals surface area contributed by atoms with Gasteiger partial charge in [-0.25, -0.2) is 4.98 Å². The summed E-state index contributed by atoms with van der Waals surface area (Å²) >= 11 is 3.33. The van der Waals surface area contributed by atoms with Crippen molar-refractivity contribution in [1.82, 2.24) is 4.98 Å². The third-order valence-electron chi connectivity index (χ3n) is 2.32. The van der Waals surface area contributed by atoms with E-state index in [0.29, 0.717) is 0 Å². The van der Waals surface area contributed by atoms with E-state index in [1.54, 1.807) is 0 Å². The third-order valence-corrected chi connectivity index (χ3v) is 2.76. The van der Waals surface area contributed by atoms with E-state index in [1.807, 2.05) is 18.2 Å². The summed E-state index contributed by atoms with van der Waals surface area (Å²) in [6.45, 7) is 2.49. The Hall–Kier alpha value is -0.610. The molecule has 1 fully saturated rings. The van der Waals surface area contributed by atoms with E-state index in [-0.39, 0.29) is 0 Å². The van der Waals surface area contributed by atoms with Crippen LogP contribution in [0.3, 0.4) is 0 Å². The average molecular weight is 271 g/mol. The lowest BCUT2D eigenvalue weighted by Gasteiger charge is -2.06. The molecule has 15 heavy (non-hydrogen) atoms. The molecule has 1 N–H and O–H groups in total. The zero-order valence-electron chi connectivity index (χ0n) is 8.58. The third kappa shape index (κ3) is 4.18. The maximum atomic E-state index is 5.51. The summed E-state index contributed by atoms with van der Waals surface area (Å²) in [5, 5.41) is 3.21. The van der Waals surface area contributed by atoms with Crippen molar-refractivity contribution in [2.24, 2.45) is 5.92 Å². The first-order valence-electron chi connectivity index (χ1n) is 5.29. The van der Waals surface area contributed by atoms with Crippen LogP contribution in [0.15, 0.2) is 22.8 Å². The van der Waals surface area contributed by atoms with Gasteiger partial charge in [0.15, 0.2) is 0 Å². The summed E-state index contributed by atoms with van der Waals surface area (Å²) in [6.07, 6.45) is 2.70. The van der Waals surface area contributed by atoms with Crippen LogP contribution in [0, 0.1) is 5.92 Å². The summed E-state index contributed by atoms with van der Waals surface area (Å²) in [5.74, 6) is 1.73. The Morgan fingerprint density at radius 1 is 1.47 bits per heavy atom. The van der Waals surface area contributed by atoms with Crippen molar-refractivity contribution in [3.05, 3.63) is 22.8 Å². The monoisotopic (exact) mass is 270 g/mol. The Kier molecular flexibility index (Phi) is 3.97. The van der Waals surface area contributed by atoms with Gasteiger partial charge in [0, 0.05) is 13.2 Å². The number of anilines is 1. The van der Waals surface area contributed by atoms with Crippen molar-refractivity contribution in [2.75, 3.05) is 25.1 Å². The Morgan fingerprint density at radius 3 is 3.07 bits per heavy atom. The highest BCUT2D eigenvalue weighted by atomic mass is 79.9. The molecule has 1 saturated carbocycles. The number of nitrogens with one attached hydrogen (secondary N) is 1. The first-order valence-corrected chi connectivity index (χ1v) is 6.08. The number of ether oxygens (including phenoxy) is 1. The van der Waals surface area contributed by atoms with Crippen LogP contribution in [-0.4, -0.2) is 24.7 Å². The molecular formula is C11H15BrN2O. The van der Waals surface area contributed by atoms with E-state index in [9.17, 15) is 0 Å². The Balaban J connectivity index is 1.60. The molecule has 0 unspecified atom stereocenters. The minimum Gasteiger partial charge on any atom is -0.379 e. The number of rotatable bonds is 6. The van der Waals surface area contributed by atoms with E-state index >= 15 is 0 Å². The molecular weight excluding hydrogens is 256 g/mol. The Morgan fingerprint density at radius 2 is 2.33 bits per heavy atom. The predicted molar refractivity (Wildman–Crippen MR) is 64.0 cm³/mol. The number of hydrogen-bond donors (Lipinski definition) is 1. The number of nitrogens with zero attached hydrogens (tertiary/aromatic N) is 1. The molecule has 0 radical (unpaired) electrons. The van der Waals surface area contributed by atoms with E-state index < -0.39 is 0 Å².